The predicted molar refractivity (Wildman–Crippen MR) is 82.2 cm³/mol. The summed E-state index contributed by atoms with van der Waals surface area (Å²) < 4.78 is 5.40. The summed E-state index contributed by atoms with van der Waals surface area (Å²) in [6, 6.07) is 8.54. The minimum absolute atomic E-state index is 0.0225. The van der Waals surface area contributed by atoms with E-state index in [4.69, 9.17) is 4.74 Å². The molecule has 1 aliphatic heterocycles. The summed E-state index contributed by atoms with van der Waals surface area (Å²) in [5.41, 5.74) is 2.67. The SMILES string of the molecule is Cc1cccc(C(C)NC(=O)NC2CC23CCOCC3)c1. The van der Waals surface area contributed by atoms with E-state index in [1.165, 1.54) is 5.56 Å². The van der Waals surface area contributed by atoms with Gasteiger partial charge in [-0.15, -0.1) is 0 Å². The molecule has 1 spiro atoms. The zero-order valence-electron chi connectivity index (χ0n) is 12.8. The minimum Gasteiger partial charge on any atom is -0.381 e. The van der Waals surface area contributed by atoms with Gasteiger partial charge in [-0.25, -0.2) is 4.79 Å². The second kappa shape index (κ2) is 5.68. The number of aryl methyl sites for hydroxylation is 1. The van der Waals surface area contributed by atoms with Crippen molar-refractivity contribution in [2.24, 2.45) is 5.41 Å². The van der Waals surface area contributed by atoms with Gasteiger partial charge in [0.05, 0.1) is 6.04 Å². The van der Waals surface area contributed by atoms with Gasteiger partial charge in [-0.3, -0.25) is 0 Å². The zero-order chi connectivity index (χ0) is 14.9. The van der Waals surface area contributed by atoms with E-state index in [-0.39, 0.29) is 12.1 Å². The number of hydrogen-bond acceptors (Lipinski definition) is 2. The average molecular weight is 288 g/mol. The van der Waals surface area contributed by atoms with Gasteiger partial charge in [-0.05, 0) is 44.1 Å². The van der Waals surface area contributed by atoms with Crippen LogP contribution in [0.4, 0.5) is 4.79 Å². The van der Waals surface area contributed by atoms with E-state index >= 15 is 0 Å². The Bertz CT molecular complexity index is 523. The highest BCUT2D eigenvalue weighted by molar-refractivity contribution is 5.75. The summed E-state index contributed by atoms with van der Waals surface area (Å²) in [5.74, 6) is 0. The first-order valence-electron chi connectivity index (χ1n) is 7.80. The van der Waals surface area contributed by atoms with Crippen molar-refractivity contribution < 1.29 is 9.53 Å². The molecule has 0 bridgehead atoms. The molecule has 21 heavy (non-hydrogen) atoms. The maximum absolute atomic E-state index is 12.1. The first-order chi connectivity index (χ1) is 10.1. The molecular weight excluding hydrogens is 264 g/mol. The molecule has 0 radical (unpaired) electrons. The molecule has 3 rings (SSSR count). The standard InChI is InChI=1S/C17H24N2O2/c1-12-4-3-5-14(10-12)13(2)18-16(20)19-15-11-17(15)6-8-21-9-7-17/h3-5,10,13,15H,6-9,11H2,1-2H3,(H2,18,19,20). The van der Waals surface area contributed by atoms with Crippen molar-refractivity contribution in [1.82, 2.24) is 10.6 Å². The predicted octanol–water partition coefficient (Wildman–Crippen LogP) is 2.92. The Kier molecular flexibility index (Phi) is 3.89. The molecule has 2 atom stereocenters. The summed E-state index contributed by atoms with van der Waals surface area (Å²) >= 11 is 0. The maximum atomic E-state index is 12.1. The number of hydrogen-bond donors (Lipinski definition) is 2. The summed E-state index contributed by atoms with van der Waals surface area (Å²) in [5, 5.41) is 6.16. The van der Waals surface area contributed by atoms with Crippen LogP contribution < -0.4 is 10.6 Å². The van der Waals surface area contributed by atoms with Gasteiger partial charge in [-0.1, -0.05) is 29.8 Å². The number of carbonyl (C=O) groups is 1. The molecule has 2 amide bonds. The molecule has 4 heteroatoms. The third-order valence-corrected chi connectivity index (χ3v) is 4.87. The Morgan fingerprint density at radius 2 is 2.14 bits per heavy atom. The number of rotatable bonds is 3. The third kappa shape index (κ3) is 3.21. The van der Waals surface area contributed by atoms with Gasteiger partial charge in [0.15, 0.2) is 0 Å². The smallest absolute Gasteiger partial charge is 0.315 e. The minimum atomic E-state index is -0.0580. The first-order valence-corrected chi connectivity index (χ1v) is 7.80. The van der Waals surface area contributed by atoms with Gasteiger partial charge in [0, 0.05) is 19.3 Å². The van der Waals surface area contributed by atoms with E-state index in [1.54, 1.807) is 0 Å². The topological polar surface area (TPSA) is 50.4 Å². The van der Waals surface area contributed by atoms with Gasteiger partial charge in [0.25, 0.3) is 0 Å². The van der Waals surface area contributed by atoms with Crippen LogP contribution in [0.15, 0.2) is 24.3 Å². The largest absolute Gasteiger partial charge is 0.381 e. The first kappa shape index (κ1) is 14.4. The van der Waals surface area contributed by atoms with Gasteiger partial charge >= 0.3 is 6.03 Å². The fourth-order valence-electron chi connectivity index (χ4n) is 3.30. The third-order valence-electron chi connectivity index (χ3n) is 4.87. The summed E-state index contributed by atoms with van der Waals surface area (Å²) in [6.07, 6.45) is 3.25. The van der Waals surface area contributed by atoms with Crippen LogP contribution in [0.25, 0.3) is 0 Å². The molecule has 4 nitrogen and oxygen atoms in total. The normalized spacial score (nSPS) is 24.4. The van der Waals surface area contributed by atoms with E-state index in [9.17, 15) is 4.79 Å². The van der Waals surface area contributed by atoms with Crippen LogP contribution in [0.5, 0.6) is 0 Å². The Morgan fingerprint density at radius 3 is 2.86 bits per heavy atom. The van der Waals surface area contributed by atoms with Gasteiger partial charge in [0.2, 0.25) is 0 Å². The second-order valence-corrected chi connectivity index (χ2v) is 6.49. The van der Waals surface area contributed by atoms with Crippen molar-refractivity contribution in [2.75, 3.05) is 13.2 Å². The highest BCUT2D eigenvalue weighted by Gasteiger charge is 2.55. The van der Waals surface area contributed by atoms with Crippen molar-refractivity contribution in [1.29, 1.82) is 0 Å². The maximum Gasteiger partial charge on any atom is 0.315 e. The summed E-state index contributed by atoms with van der Waals surface area (Å²) in [6.45, 7) is 5.75. The summed E-state index contributed by atoms with van der Waals surface area (Å²) in [4.78, 5) is 12.1. The molecule has 1 heterocycles. The molecule has 1 aromatic rings. The van der Waals surface area contributed by atoms with Crippen molar-refractivity contribution >= 4 is 6.03 Å². The Hall–Kier alpha value is -1.55. The molecule has 1 saturated heterocycles. The Labute approximate surface area is 126 Å². The van der Waals surface area contributed by atoms with Crippen LogP contribution in [-0.2, 0) is 4.74 Å². The van der Waals surface area contributed by atoms with E-state index in [2.05, 4.69) is 35.8 Å². The van der Waals surface area contributed by atoms with E-state index in [0.29, 0.717) is 11.5 Å². The monoisotopic (exact) mass is 288 g/mol. The molecule has 2 fully saturated rings. The van der Waals surface area contributed by atoms with Gasteiger partial charge in [-0.2, -0.15) is 0 Å². The fourth-order valence-corrected chi connectivity index (χ4v) is 3.30. The lowest BCUT2D eigenvalue weighted by atomic mass is 9.96. The van der Waals surface area contributed by atoms with E-state index in [0.717, 1.165) is 38.0 Å². The molecular formula is C17H24N2O2. The van der Waals surface area contributed by atoms with Gasteiger partial charge < -0.3 is 15.4 Å². The lowest BCUT2D eigenvalue weighted by Gasteiger charge is -2.23. The van der Waals surface area contributed by atoms with Crippen molar-refractivity contribution in [2.45, 2.75) is 45.2 Å². The highest BCUT2D eigenvalue weighted by atomic mass is 16.5. The molecule has 0 aromatic heterocycles. The van der Waals surface area contributed by atoms with E-state index in [1.807, 2.05) is 13.0 Å². The van der Waals surface area contributed by atoms with Crippen LogP contribution in [0, 0.1) is 12.3 Å². The number of carbonyl (C=O) groups excluding carboxylic acids is 1. The number of urea groups is 1. The zero-order valence-corrected chi connectivity index (χ0v) is 12.8. The van der Waals surface area contributed by atoms with Crippen LogP contribution in [0.3, 0.4) is 0 Å². The Morgan fingerprint density at radius 1 is 1.38 bits per heavy atom. The molecule has 114 valence electrons. The molecule has 2 unspecified atom stereocenters. The van der Waals surface area contributed by atoms with Gasteiger partial charge in [0.1, 0.15) is 0 Å². The van der Waals surface area contributed by atoms with Crippen LogP contribution in [-0.4, -0.2) is 25.3 Å². The molecule has 1 saturated carbocycles. The van der Waals surface area contributed by atoms with Crippen molar-refractivity contribution in [3.63, 3.8) is 0 Å². The van der Waals surface area contributed by atoms with E-state index < -0.39 is 0 Å². The van der Waals surface area contributed by atoms with Crippen molar-refractivity contribution in [3.8, 4) is 0 Å². The molecule has 2 aliphatic rings. The van der Waals surface area contributed by atoms with Crippen LogP contribution in [0.1, 0.15) is 43.4 Å². The average Bonchev–Trinajstić information content (AvgIpc) is 3.10. The molecule has 1 aromatic carbocycles. The fraction of sp³-hybridized carbons (Fsp3) is 0.588. The Balaban J connectivity index is 1.51. The summed E-state index contributed by atoms with van der Waals surface area (Å²) in [7, 11) is 0. The highest BCUT2D eigenvalue weighted by Crippen LogP contribution is 2.53. The number of ether oxygens (including phenoxy) is 1. The quantitative estimate of drug-likeness (QED) is 0.898. The van der Waals surface area contributed by atoms with Crippen molar-refractivity contribution in [3.05, 3.63) is 35.4 Å². The number of benzene rings is 1. The second-order valence-electron chi connectivity index (χ2n) is 6.49. The lowest BCUT2D eigenvalue weighted by Crippen LogP contribution is -2.40. The number of nitrogens with one attached hydrogen (secondary N) is 2. The van der Waals surface area contributed by atoms with Crippen LogP contribution >= 0.6 is 0 Å². The molecule has 2 N–H and O–H groups in total. The lowest BCUT2D eigenvalue weighted by molar-refractivity contribution is 0.0547. The van der Waals surface area contributed by atoms with Crippen LogP contribution in [0.2, 0.25) is 0 Å². The molecule has 1 aliphatic carbocycles. The number of amides is 2.